The molecule has 0 radical (unpaired) electrons. The van der Waals surface area contributed by atoms with Gasteiger partial charge in [0.1, 0.15) is 0 Å². The van der Waals surface area contributed by atoms with Crippen LogP contribution in [0, 0.1) is 35.5 Å². The van der Waals surface area contributed by atoms with Gasteiger partial charge in [0.2, 0.25) is 10.0 Å². The molecule has 0 spiro atoms. The van der Waals surface area contributed by atoms with E-state index in [9.17, 15) is 26.7 Å². The minimum atomic E-state index is -4.48. The maximum absolute atomic E-state index is 13.9. The van der Waals surface area contributed by atoms with Crippen LogP contribution in [0.15, 0.2) is 0 Å². The molecule has 5 fully saturated rings. The number of fused-ring (bicyclic) bond motifs is 1. The molecule has 1 N–H and O–H groups in total. The number of rotatable bonds is 5. The van der Waals surface area contributed by atoms with E-state index in [2.05, 4.69) is 11.8 Å². The number of sulfonamides is 1. The van der Waals surface area contributed by atoms with Gasteiger partial charge in [-0.2, -0.15) is 13.2 Å². The van der Waals surface area contributed by atoms with Gasteiger partial charge < -0.3 is 5.11 Å². The first-order valence-corrected chi connectivity index (χ1v) is 17.0. The maximum atomic E-state index is 13.9. The molecule has 0 aromatic rings. The SMILES string of the molecule is CC1CCCC(C2CCC([C@H]3C4CN(S(=O)(=O)C5CCCCC5C(F)(F)F)CCCCN4[C@@H]3CO)CC2)C1. The molecule has 7 atom stereocenters. The van der Waals surface area contributed by atoms with Gasteiger partial charge in [0, 0.05) is 25.2 Å². The topological polar surface area (TPSA) is 60.9 Å². The van der Waals surface area contributed by atoms with Crippen LogP contribution < -0.4 is 0 Å². The largest absolute Gasteiger partial charge is 0.395 e. The minimum absolute atomic E-state index is 0.00593. The summed E-state index contributed by atoms with van der Waals surface area (Å²) in [5.41, 5.74) is 0. The van der Waals surface area contributed by atoms with Crippen molar-refractivity contribution in [3.8, 4) is 0 Å². The average Bonchev–Trinajstić information content (AvgIpc) is 2.87. The Kier molecular flexibility index (Phi) is 9.08. The molecular formula is C29H49F3N2O3S. The molecule has 220 valence electrons. The van der Waals surface area contributed by atoms with Crippen molar-refractivity contribution in [2.75, 3.05) is 26.2 Å². The van der Waals surface area contributed by atoms with Gasteiger partial charge in [-0.15, -0.1) is 0 Å². The zero-order valence-electron chi connectivity index (χ0n) is 23.1. The summed E-state index contributed by atoms with van der Waals surface area (Å²) in [6.07, 6.45) is 8.08. The van der Waals surface area contributed by atoms with E-state index >= 15 is 0 Å². The first-order chi connectivity index (χ1) is 18.1. The molecule has 2 heterocycles. The monoisotopic (exact) mass is 562 g/mol. The van der Waals surface area contributed by atoms with Gasteiger partial charge in [0.25, 0.3) is 0 Å². The highest BCUT2D eigenvalue weighted by Crippen LogP contribution is 2.49. The van der Waals surface area contributed by atoms with E-state index in [0.717, 1.165) is 43.6 Å². The van der Waals surface area contributed by atoms with Crippen LogP contribution in [-0.4, -0.2) is 72.5 Å². The number of aliphatic hydroxyl groups excluding tert-OH is 1. The second-order valence-corrected chi connectivity index (χ2v) is 15.6. The molecule has 5 rings (SSSR count). The minimum Gasteiger partial charge on any atom is -0.395 e. The summed E-state index contributed by atoms with van der Waals surface area (Å²) in [5.74, 6) is 1.39. The highest BCUT2D eigenvalue weighted by molar-refractivity contribution is 7.89. The molecule has 5 nitrogen and oxygen atoms in total. The van der Waals surface area contributed by atoms with Crippen molar-refractivity contribution in [3.63, 3.8) is 0 Å². The maximum Gasteiger partial charge on any atom is 0.393 e. The second-order valence-electron chi connectivity index (χ2n) is 13.4. The van der Waals surface area contributed by atoms with Crippen LogP contribution in [0.3, 0.4) is 0 Å². The van der Waals surface area contributed by atoms with E-state index < -0.39 is 27.4 Å². The van der Waals surface area contributed by atoms with E-state index in [1.807, 2.05) is 0 Å². The van der Waals surface area contributed by atoms with E-state index in [1.54, 1.807) is 0 Å². The van der Waals surface area contributed by atoms with Crippen LogP contribution in [0.2, 0.25) is 0 Å². The molecule has 2 aliphatic heterocycles. The molecule has 0 bridgehead atoms. The molecular weight excluding hydrogens is 513 g/mol. The fourth-order valence-corrected chi connectivity index (χ4v) is 11.6. The zero-order valence-corrected chi connectivity index (χ0v) is 23.9. The number of nitrogens with zero attached hydrogens (tertiary/aromatic N) is 2. The first-order valence-electron chi connectivity index (χ1n) is 15.5. The lowest BCUT2D eigenvalue weighted by Gasteiger charge is -2.60. The molecule has 38 heavy (non-hydrogen) atoms. The quantitative estimate of drug-likeness (QED) is 0.458. The van der Waals surface area contributed by atoms with Gasteiger partial charge in [0.15, 0.2) is 0 Å². The van der Waals surface area contributed by atoms with Crippen molar-refractivity contribution >= 4 is 10.0 Å². The Hall–Kier alpha value is -0.380. The van der Waals surface area contributed by atoms with Crippen molar-refractivity contribution in [1.82, 2.24) is 9.21 Å². The van der Waals surface area contributed by atoms with Crippen LogP contribution in [0.25, 0.3) is 0 Å². The molecule has 5 unspecified atom stereocenters. The highest BCUT2D eigenvalue weighted by Gasteiger charge is 2.55. The molecule has 0 aromatic carbocycles. The summed E-state index contributed by atoms with van der Waals surface area (Å²) < 4.78 is 70.6. The third-order valence-corrected chi connectivity index (χ3v) is 13.6. The number of hydrogen-bond donors (Lipinski definition) is 1. The van der Waals surface area contributed by atoms with E-state index in [4.69, 9.17) is 0 Å². The predicted octanol–water partition coefficient (Wildman–Crippen LogP) is 5.83. The van der Waals surface area contributed by atoms with Gasteiger partial charge in [-0.3, -0.25) is 4.90 Å². The fraction of sp³-hybridized carbons (Fsp3) is 1.00. The van der Waals surface area contributed by atoms with E-state index in [0.29, 0.717) is 31.7 Å². The molecule has 3 aliphatic carbocycles. The van der Waals surface area contributed by atoms with Crippen LogP contribution >= 0.6 is 0 Å². The van der Waals surface area contributed by atoms with Crippen LogP contribution in [0.4, 0.5) is 13.2 Å². The summed E-state index contributed by atoms with van der Waals surface area (Å²) in [6, 6.07) is 0.0583. The Bertz CT molecular complexity index is 892. The Labute approximate surface area is 227 Å². The molecule has 9 heteroatoms. The van der Waals surface area contributed by atoms with Gasteiger partial charge in [-0.1, -0.05) is 39.0 Å². The van der Waals surface area contributed by atoms with Gasteiger partial charge in [-0.25, -0.2) is 12.7 Å². The number of hydrogen-bond acceptors (Lipinski definition) is 4. The fourth-order valence-electron chi connectivity index (χ4n) is 9.30. The van der Waals surface area contributed by atoms with Gasteiger partial charge in [0.05, 0.1) is 17.8 Å². The van der Waals surface area contributed by atoms with Gasteiger partial charge >= 0.3 is 6.18 Å². The second kappa shape index (κ2) is 11.8. The molecule has 3 saturated carbocycles. The lowest BCUT2D eigenvalue weighted by Crippen LogP contribution is -2.71. The van der Waals surface area contributed by atoms with Gasteiger partial charge in [-0.05, 0) is 93.9 Å². The third kappa shape index (κ3) is 5.82. The smallest absolute Gasteiger partial charge is 0.393 e. The predicted molar refractivity (Wildman–Crippen MR) is 143 cm³/mol. The van der Waals surface area contributed by atoms with Crippen molar-refractivity contribution in [2.24, 2.45) is 35.5 Å². The van der Waals surface area contributed by atoms with Crippen LogP contribution in [0.5, 0.6) is 0 Å². The normalized spacial score (nSPS) is 42.5. The Morgan fingerprint density at radius 2 is 1.50 bits per heavy atom. The number of alkyl halides is 3. The van der Waals surface area contributed by atoms with Crippen molar-refractivity contribution in [3.05, 3.63) is 0 Å². The molecule has 5 aliphatic rings. The Morgan fingerprint density at radius 3 is 2.18 bits per heavy atom. The van der Waals surface area contributed by atoms with E-state index in [1.165, 1.54) is 42.8 Å². The third-order valence-electron chi connectivity index (χ3n) is 11.3. The van der Waals surface area contributed by atoms with Crippen molar-refractivity contribution in [2.45, 2.75) is 120 Å². The summed E-state index contributed by atoms with van der Waals surface area (Å²) in [4.78, 5) is 2.28. The Balaban J connectivity index is 1.29. The highest BCUT2D eigenvalue weighted by atomic mass is 32.2. The van der Waals surface area contributed by atoms with Crippen molar-refractivity contribution in [1.29, 1.82) is 0 Å². The lowest BCUT2D eigenvalue weighted by molar-refractivity contribution is -0.180. The first kappa shape index (κ1) is 29.1. The number of aliphatic hydroxyl groups is 1. The van der Waals surface area contributed by atoms with Crippen LogP contribution in [-0.2, 0) is 10.0 Å². The number of halogens is 3. The molecule has 2 saturated heterocycles. The van der Waals surface area contributed by atoms with Crippen LogP contribution in [0.1, 0.15) is 96.8 Å². The average molecular weight is 563 g/mol. The van der Waals surface area contributed by atoms with Crippen molar-refractivity contribution < 1.29 is 26.7 Å². The lowest BCUT2D eigenvalue weighted by atomic mass is 9.62. The summed E-state index contributed by atoms with van der Waals surface area (Å²) in [5, 5.41) is 8.97. The molecule has 0 aromatic heterocycles. The summed E-state index contributed by atoms with van der Waals surface area (Å²) in [6.45, 7) is 3.89. The standard InChI is InChI=1S/C29H49F3N2O3S/c1-20-7-6-8-23(17-20)21-11-13-22(14-12-21)28-25-18-33(15-4-5-16-34(25)26(28)19-35)38(36,37)27-10-3-2-9-24(27)29(30,31)32/h20-28,35H,2-19H2,1H3/t20?,21?,22?,23?,24?,25?,26-,27?,28+/m1/s1. The summed E-state index contributed by atoms with van der Waals surface area (Å²) in [7, 11) is -4.06. The molecule has 0 amide bonds. The zero-order chi connectivity index (χ0) is 27.1. The Morgan fingerprint density at radius 1 is 0.816 bits per heavy atom. The summed E-state index contributed by atoms with van der Waals surface area (Å²) >= 11 is 0. The van der Waals surface area contributed by atoms with E-state index in [-0.39, 0.29) is 44.0 Å².